The molecule has 0 unspecified atom stereocenters. The van der Waals surface area contributed by atoms with Gasteiger partial charge in [0.1, 0.15) is 5.82 Å². The van der Waals surface area contributed by atoms with Crippen molar-refractivity contribution >= 4 is 53.3 Å². The van der Waals surface area contributed by atoms with Crippen molar-refractivity contribution in [3.05, 3.63) is 146 Å². The van der Waals surface area contributed by atoms with E-state index in [1.807, 2.05) is 72.0 Å². The minimum Gasteiger partial charge on any atom is -0.292 e. The summed E-state index contributed by atoms with van der Waals surface area (Å²) in [7, 11) is 0. The number of nitrogens with zero attached hydrogens (tertiary/aromatic N) is 4. The third-order valence-electron chi connectivity index (χ3n) is 8.23. The lowest BCUT2D eigenvalue weighted by molar-refractivity contribution is 1.08. The van der Waals surface area contributed by atoms with E-state index in [0.717, 1.165) is 39.5 Å². The normalized spacial score (nSPS) is 11.6. The predicted molar refractivity (Wildman–Crippen MR) is 183 cm³/mol. The summed E-state index contributed by atoms with van der Waals surface area (Å²) in [6.07, 6.45) is 0. The van der Waals surface area contributed by atoms with Crippen LogP contribution in [0.4, 0.5) is 0 Å². The fraction of sp³-hybridized carbons (Fsp3) is 0. The molecule has 0 radical (unpaired) electrons. The maximum Gasteiger partial charge on any atom is 0.160 e. The Kier molecular flexibility index (Phi) is 5.64. The number of fused-ring (bicyclic) bond motifs is 7. The lowest BCUT2D eigenvalue weighted by Gasteiger charge is -2.11. The van der Waals surface area contributed by atoms with Crippen LogP contribution in [-0.2, 0) is 0 Å². The summed E-state index contributed by atoms with van der Waals surface area (Å²) < 4.78 is 4.88. The highest BCUT2D eigenvalue weighted by atomic mass is 32.1. The first-order valence-electron chi connectivity index (χ1n) is 14.6. The van der Waals surface area contributed by atoms with Crippen molar-refractivity contribution in [2.45, 2.75) is 0 Å². The Morgan fingerprint density at radius 2 is 1.14 bits per heavy atom. The Balaban J connectivity index is 1.30. The number of hydrogen-bond acceptors (Lipinski definition) is 4. The molecule has 0 aliphatic heterocycles. The van der Waals surface area contributed by atoms with Gasteiger partial charge in [0, 0.05) is 37.4 Å². The maximum absolute atomic E-state index is 5.29. The fourth-order valence-corrected chi connectivity index (χ4v) is 7.45. The summed E-state index contributed by atoms with van der Waals surface area (Å²) in [5.41, 5.74) is 6.78. The van der Waals surface area contributed by atoms with Crippen LogP contribution < -0.4 is 0 Å². The molecule has 0 spiro atoms. The van der Waals surface area contributed by atoms with E-state index >= 15 is 0 Å². The molecule has 0 bridgehead atoms. The molecule has 0 N–H and O–H groups in total. The van der Waals surface area contributed by atoms with Gasteiger partial charge in [-0.1, -0.05) is 115 Å². The number of pyridine rings is 1. The van der Waals surface area contributed by atoms with Gasteiger partial charge in [0.25, 0.3) is 0 Å². The molecule has 4 nitrogen and oxygen atoms in total. The summed E-state index contributed by atoms with van der Waals surface area (Å²) in [6, 6.07) is 50.5. The van der Waals surface area contributed by atoms with Crippen LogP contribution in [0.5, 0.6) is 0 Å². The van der Waals surface area contributed by atoms with Crippen molar-refractivity contribution in [1.82, 2.24) is 19.5 Å². The smallest absolute Gasteiger partial charge is 0.160 e. The van der Waals surface area contributed by atoms with Gasteiger partial charge < -0.3 is 0 Å². The topological polar surface area (TPSA) is 43.6 Å². The molecule has 9 aromatic rings. The minimum absolute atomic E-state index is 0.679. The summed E-state index contributed by atoms with van der Waals surface area (Å²) in [6.45, 7) is 0. The Labute approximate surface area is 257 Å². The molecule has 0 aliphatic rings. The van der Waals surface area contributed by atoms with Gasteiger partial charge in [0.15, 0.2) is 5.82 Å². The van der Waals surface area contributed by atoms with E-state index in [1.54, 1.807) is 0 Å². The van der Waals surface area contributed by atoms with Crippen molar-refractivity contribution in [1.29, 1.82) is 0 Å². The van der Waals surface area contributed by atoms with Crippen LogP contribution in [0.3, 0.4) is 0 Å². The standard InChI is InChI=1S/C39H24N4S/c1-3-12-25(13-4-1)32-24-33(42-39(41-32)26-14-5-2-6-15-26)31-18-11-21-36(40-31)43-34-19-9-7-16-27(34)29-22-23-30-28-17-8-10-20-35(28)44-38(30)37(29)43/h1-24H. The van der Waals surface area contributed by atoms with Crippen molar-refractivity contribution in [3.63, 3.8) is 0 Å². The Morgan fingerprint density at radius 3 is 1.98 bits per heavy atom. The number of para-hydroxylation sites is 1. The zero-order valence-corrected chi connectivity index (χ0v) is 24.4. The van der Waals surface area contributed by atoms with E-state index in [-0.39, 0.29) is 0 Å². The van der Waals surface area contributed by atoms with Crippen LogP contribution >= 0.6 is 11.3 Å². The highest BCUT2D eigenvalue weighted by molar-refractivity contribution is 7.26. The average Bonchev–Trinajstić information content (AvgIpc) is 3.65. The average molecular weight is 581 g/mol. The monoisotopic (exact) mass is 580 g/mol. The van der Waals surface area contributed by atoms with Crippen LogP contribution in [-0.4, -0.2) is 19.5 Å². The third kappa shape index (κ3) is 3.94. The van der Waals surface area contributed by atoms with Crippen molar-refractivity contribution in [2.24, 2.45) is 0 Å². The van der Waals surface area contributed by atoms with Crippen LogP contribution in [0.2, 0.25) is 0 Å². The van der Waals surface area contributed by atoms with Gasteiger partial charge in [-0.3, -0.25) is 4.57 Å². The lowest BCUT2D eigenvalue weighted by Crippen LogP contribution is -2.01. The molecular weight excluding hydrogens is 557 g/mol. The van der Waals surface area contributed by atoms with E-state index < -0.39 is 0 Å². The van der Waals surface area contributed by atoms with Gasteiger partial charge in [-0.2, -0.15) is 0 Å². The molecule has 4 heterocycles. The van der Waals surface area contributed by atoms with Crippen molar-refractivity contribution in [2.75, 3.05) is 0 Å². The molecule has 44 heavy (non-hydrogen) atoms. The number of rotatable bonds is 4. The van der Waals surface area contributed by atoms with E-state index in [2.05, 4.69) is 89.5 Å². The van der Waals surface area contributed by atoms with E-state index in [1.165, 1.54) is 36.5 Å². The van der Waals surface area contributed by atoms with Crippen LogP contribution in [0.1, 0.15) is 0 Å². The molecule has 0 saturated carbocycles. The molecule has 5 aromatic carbocycles. The fourth-order valence-electron chi connectivity index (χ4n) is 6.21. The molecule has 0 aliphatic carbocycles. The van der Waals surface area contributed by atoms with Gasteiger partial charge in [-0.15, -0.1) is 11.3 Å². The number of thiophene rings is 1. The highest BCUT2D eigenvalue weighted by Crippen LogP contribution is 2.42. The van der Waals surface area contributed by atoms with Gasteiger partial charge in [0.05, 0.1) is 32.8 Å². The first-order chi connectivity index (χ1) is 21.8. The second-order valence-corrected chi connectivity index (χ2v) is 11.9. The molecule has 5 heteroatoms. The largest absolute Gasteiger partial charge is 0.292 e. The molecule has 0 amide bonds. The van der Waals surface area contributed by atoms with Crippen LogP contribution in [0, 0.1) is 0 Å². The molecule has 206 valence electrons. The van der Waals surface area contributed by atoms with E-state index in [0.29, 0.717) is 5.82 Å². The Hall–Kier alpha value is -5.65. The van der Waals surface area contributed by atoms with Gasteiger partial charge >= 0.3 is 0 Å². The molecule has 0 saturated heterocycles. The van der Waals surface area contributed by atoms with Crippen LogP contribution in [0.25, 0.3) is 81.8 Å². The highest BCUT2D eigenvalue weighted by Gasteiger charge is 2.19. The summed E-state index contributed by atoms with van der Waals surface area (Å²) in [5, 5.41) is 5.00. The second kappa shape index (κ2) is 9.97. The molecule has 9 rings (SSSR count). The first-order valence-corrected chi connectivity index (χ1v) is 15.4. The minimum atomic E-state index is 0.679. The van der Waals surface area contributed by atoms with E-state index in [9.17, 15) is 0 Å². The predicted octanol–water partition coefficient (Wildman–Crippen LogP) is 10.3. The SMILES string of the molecule is c1ccc(-c2cc(-c3cccc(-n4c5ccccc5c5ccc6c7ccccc7sc6c54)n3)nc(-c3ccccc3)n2)cc1. The van der Waals surface area contributed by atoms with Crippen molar-refractivity contribution < 1.29 is 0 Å². The molecular formula is C39H24N4S. The van der Waals surface area contributed by atoms with Gasteiger partial charge in [-0.25, -0.2) is 15.0 Å². The summed E-state index contributed by atoms with van der Waals surface area (Å²) in [4.78, 5) is 15.3. The second-order valence-electron chi connectivity index (χ2n) is 10.9. The van der Waals surface area contributed by atoms with Crippen LogP contribution in [0.15, 0.2) is 146 Å². The van der Waals surface area contributed by atoms with Gasteiger partial charge in [-0.05, 0) is 30.3 Å². The first kappa shape index (κ1) is 24.9. The Bertz CT molecular complexity index is 2440. The summed E-state index contributed by atoms with van der Waals surface area (Å²) >= 11 is 1.85. The molecule has 0 fully saturated rings. The number of aromatic nitrogens is 4. The quantitative estimate of drug-likeness (QED) is 0.208. The van der Waals surface area contributed by atoms with Crippen molar-refractivity contribution in [3.8, 4) is 39.9 Å². The lowest BCUT2D eigenvalue weighted by atomic mass is 10.1. The van der Waals surface area contributed by atoms with Gasteiger partial charge in [0.2, 0.25) is 0 Å². The summed E-state index contributed by atoms with van der Waals surface area (Å²) in [5.74, 6) is 1.54. The molecule has 0 atom stereocenters. The number of benzene rings is 5. The van der Waals surface area contributed by atoms with E-state index in [4.69, 9.17) is 15.0 Å². The third-order valence-corrected chi connectivity index (χ3v) is 9.43. The molecule has 4 aromatic heterocycles. The Morgan fingerprint density at radius 1 is 0.455 bits per heavy atom. The number of hydrogen-bond donors (Lipinski definition) is 0. The zero-order chi connectivity index (χ0) is 29.0. The maximum atomic E-state index is 5.29. The zero-order valence-electron chi connectivity index (χ0n) is 23.6.